The molecule has 1 aromatic carbocycles. The largest absolute Gasteiger partial charge is 0.444 e. The first kappa shape index (κ1) is 22.4. The molecule has 0 aromatic heterocycles. The maximum absolute atomic E-state index is 13.6. The number of alkyl carbamates (subject to hydrolysis) is 1. The standard InChI is InChI=1S/C21H28FN3O4/c1-21(2,3)29-20(28)23-11-10-19(27)25-14-12-24(13-15-25)18(26)9-8-16-6-4-5-7-17(16)22/h4-9H,10-15H2,1-3H3,(H,23,28)/b9-8+. The summed E-state index contributed by atoms with van der Waals surface area (Å²) in [6, 6.07) is 6.23. The lowest BCUT2D eigenvalue weighted by Gasteiger charge is -2.34. The number of piperazine rings is 1. The molecule has 3 amide bonds. The normalized spacial score (nSPS) is 14.8. The summed E-state index contributed by atoms with van der Waals surface area (Å²) in [6.45, 7) is 7.16. The van der Waals surface area contributed by atoms with Gasteiger partial charge in [0.25, 0.3) is 0 Å². The molecule has 0 aliphatic carbocycles. The van der Waals surface area contributed by atoms with E-state index in [4.69, 9.17) is 4.74 Å². The van der Waals surface area contributed by atoms with Crippen molar-refractivity contribution >= 4 is 24.0 Å². The van der Waals surface area contributed by atoms with Crippen LogP contribution in [0.1, 0.15) is 32.8 Å². The third-order valence-electron chi connectivity index (χ3n) is 4.26. The molecule has 1 heterocycles. The van der Waals surface area contributed by atoms with E-state index < -0.39 is 11.7 Å². The predicted molar refractivity (Wildman–Crippen MR) is 107 cm³/mol. The molecule has 7 nitrogen and oxygen atoms in total. The Kier molecular flexibility index (Phi) is 7.75. The molecule has 0 radical (unpaired) electrons. The van der Waals surface area contributed by atoms with Crippen LogP contribution in [0.5, 0.6) is 0 Å². The van der Waals surface area contributed by atoms with Crippen molar-refractivity contribution in [2.24, 2.45) is 0 Å². The zero-order chi connectivity index (χ0) is 21.4. The van der Waals surface area contributed by atoms with Crippen LogP contribution in [-0.4, -0.2) is 66.0 Å². The third-order valence-corrected chi connectivity index (χ3v) is 4.26. The molecule has 0 unspecified atom stereocenters. The highest BCUT2D eigenvalue weighted by molar-refractivity contribution is 5.92. The molecule has 8 heteroatoms. The summed E-state index contributed by atoms with van der Waals surface area (Å²) in [5.41, 5.74) is -0.232. The second kappa shape index (κ2) is 10.0. The van der Waals surface area contributed by atoms with Gasteiger partial charge in [0.2, 0.25) is 11.8 Å². The summed E-state index contributed by atoms with van der Waals surface area (Å²) in [5, 5.41) is 2.56. The Bertz CT molecular complexity index is 765. The molecule has 29 heavy (non-hydrogen) atoms. The van der Waals surface area contributed by atoms with Crippen LogP contribution < -0.4 is 5.32 Å². The maximum atomic E-state index is 13.6. The van der Waals surface area contributed by atoms with Crippen molar-refractivity contribution in [1.29, 1.82) is 0 Å². The molecule has 2 rings (SSSR count). The molecule has 158 valence electrons. The molecule has 1 aliphatic heterocycles. The van der Waals surface area contributed by atoms with Gasteiger partial charge in [-0.25, -0.2) is 9.18 Å². The zero-order valence-corrected chi connectivity index (χ0v) is 17.1. The minimum Gasteiger partial charge on any atom is -0.444 e. The minimum atomic E-state index is -0.586. The van der Waals surface area contributed by atoms with Gasteiger partial charge in [0.15, 0.2) is 0 Å². The van der Waals surface area contributed by atoms with Crippen molar-refractivity contribution in [2.75, 3.05) is 32.7 Å². The monoisotopic (exact) mass is 405 g/mol. The lowest BCUT2D eigenvalue weighted by Crippen LogP contribution is -2.50. The van der Waals surface area contributed by atoms with Crippen LogP contribution in [0, 0.1) is 5.82 Å². The topological polar surface area (TPSA) is 79.0 Å². The van der Waals surface area contributed by atoms with Gasteiger partial charge in [0, 0.05) is 50.8 Å². The van der Waals surface area contributed by atoms with E-state index in [1.54, 1.807) is 48.8 Å². The van der Waals surface area contributed by atoms with Crippen LogP contribution in [0.25, 0.3) is 6.08 Å². The van der Waals surface area contributed by atoms with Crippen LogP contribution in [0.3, 0.4) is 0 Å². The number of carbonyl (C=O) groups is 3. The number of amides is 3. The van der Waals surface area contributed by atoms with E-state index in [0.29, 0.717) is 31.7 Å². The Hall–Kier alpha value is -2.90. The van der Waals surface area contributed by atoms with Gasteiger partial charge >= 0.3 is 6.09 Å². The lowest BCUT2D eigenvalue weighted by molar-refractivity contribution is -0.137. The summed E-state index contributed by atoms with van der Waals surface area (Å²) in [5.74, 6) is -0.686. The minimum absolute atomic E-state index is 0.0879. The van der Waals surface area contributed by atoms with E-state index in [0.717, 1.165) is 0 Å². The molecule has 1 N–H and O–H groups in total. The Morgan fingerprint density at radius 2 is 1.72 bits per heavy atom. The number of nitrogens with one attached hydrogen (secondary N) is 1. The third kappa shape index (κ3) is 7.56. The predicted octanol–water partition coefficient (Wildman–Crippen LogP) is 2.42. The maximum Gasteiger partial charge on any atom is 0.407 e. The van der Waals surface area contributed by atoms with E-state index in [1.807, 2.05) is 0 Å². The van der Waals surface area contributed by atoms with Gasteiger partial charge in [-0.15, -0.1) is 0 Å². The second-order valence-electron chi connectivity index (χ2n) is 7.74. The average molecular weight is 405 g/mol. The van der Waals surface area contributed by atoms with Crippen LogP contribution in [0.2, 0.25) is 0 Å². The summed E-state index contributed by atoms with van der Waals surface area (Å²) in [6.07, 6.45) is 2.42. The average Bonchev–Trinajstić information content (AvgIpc) is 2.65. The lowest BCUT2D eigenvalue weighted by atomic mass is 10.2. The van der Waals surface area contributed by atoms with Gasteiger partial charge in [-0.3, -0.25) is 9.59 Å². The van der Waals surface area contributed by atoms with Crippen molar-refractivity contribution in [3.05, 3.63) is 41.7 Å². The number of carbonyl (C=O) groups excluding carboxylic acids is 3. The Morgan fingerprint density at radius 1 is 1.10 bits per heavy atom. The van der Waals surface area contributed by atoms with Crippen molar-refractivity contribution in [3.63, 3.8) is 0 Å². The van der Waals surface area contributed by atoms with Crippen molar-refractivity contribution in [1.82, 2.24) is 15.1 Å². The zero-order valence-electron chi connectivity index (χ0n) is 17.1. The first-order valence-electron chi connectivity index (χ1n) is 9.62. The van der Waals surface area contributed by atoms with Crippen molar-refractivity contribution < 1.29 is 23.5 Å². The highest BCUT2D eigenvalue weighted by Gasteiger charge is 2.23. The molecular weight excluding hydrogens is 377 g/mol. The van der Waals surface area contributed by atoms with Crippen molar-refractivity contribution in [3.8, 4) is 0 Å². The number of ether oxygens (including phenoxy) is 1. The SMILES string of the molecule is CC(C)(C)OC(=O)NCCC(=O)N1CCN(C(=O)/C=C/c2ccccc2F)CC1. The van der Waals surface area contributed by atoms with Gasteiger partial charge in [0.1, 0.15) is 11.4 Å². The highest BCUT2D eigenvalue weighted by atomic mass is 19.1. The number of nitrogens with zero attached hydrogens (tertiary/aromatic N) is 2. The fourth-order valence-electron chi connectivity index (χ4n) is 2.80. The molecule has 0 atom stereocenters. The molecule has 1 aromatic rings. The molecule has 1 aliphatic rings. The van der Waals surface area contributed by atoms with Gasteiger partial charge in [0.05, 0.1) is 0 Å². The molecular formula is C21H28FN3O4. The smallest absolute Gasteiger partial charge is 0.407 e. The number of hydrogen-bond donors (Lipinski definition) is 1. The van der Waals surface area contributed by atoms with Gasteiger partial charge in [-0.05, 0) is 32.9 Å². The fourth-order valence-corrected chi connectivity index (χ4v) is 2.80. The number of rotatable bonds is 5. The van der Waals surface area contributed by atoms with Gasteiger partial charge in [-0.1, -0.05) is 18.2 Å². The second-order valence-corrected chi connectivity index (χ2v) is 7.74. The van der Waals surface area contributed by atoms with Gasteiger partial charge < -0.3 is 19.9 Å². The summed E-state index contributed by atoms with van der Waals surface area (Å²) in [4.78, 5) is 39.4. The Morgan fingerprint density at radius 3 is 2.34 bits per heavy atom. The quantitative estimate of drug-likeness (QED) is 0.763. The summed E-state index contributed by atoms with van der Waals surface area (Å²) >= 11 is 0. The number of halogens is 1. The first-order chi connectivity index (χ1) is 13.7. The van der Waals surface area contributed by atoms with E-state index in [9.17, 15) is 18.8 Å². The summed E-state index contributed by atoms with van der Waals surface area (Å²) < 4.78 is 18.7. The Labute approximate surface area is 170 Å². The van der Waals surface area contributed by atoms with Crippen LogP contribution in [0.4, 0.5) is 9.18 Å². The molecule has 1 saturated heterocycles. The van der Waals surface area contributed by atoms with Crippen LogP contribution in [0.15, 0.2) is 30.3 Å². The molecule has 1 fully saturated rings. The Balaban J connectivity index is 1.72. The van der Waals surface area contributed by atoms with E-state index in [1.165, 1.54) is 18.2 Å². The van der Waals surface area contributed by atoms with E-state index >= 15 is 0 Å². The van der Waals surface area contributed by atoms with Crippen molar-refractivity contribution in [2.45, 2.75) is 32.8 Å². The fraction of sp³-hybridized carbons (Fsp3) is 0.476. The first-order valence-corrected chi connectivity index (χ1v) is 9.62. The molecule has 0 saturated carbocycles. The number of benzene rings is 1. The van der Waals surface area contributed by atoms with Crippen LogP contribution >= 0.6 is 0 Å². The molecule has 0 bridgehead atoms. The van der Waals surface area contributed by atoms with Gasteiger partial charge in [-0.2, -0.15) is 0 Å². The van der Waals surface area contributed by atoms with Crippen LogP contribution in [-0.2, 0) is 14.3 Å². The van der Waals surface area contributed by atoms with E-state index in [2.05, 4.69) is 5.32 Å². The summed E-state index contributed by atoms with van der Waals surface area (Å²) in [7, 11) is 0. The van der Waals surface area contributed by atoms with E-state index in [-0.39, 0.29) is 30.6 Å². The number of hydrogen-bond acceptors (Lipinski definition) is 4. The molecule has 0 spiro atoms. The highest BCUT2D eigenvalue weighted by Crippen LogP contribution is 2.10.